The molecule has 0 amide bonds. The Morgan fingerprint density at radius 3 is 2.71 bits per heavy atom. The smallest absolute Gasteiger partial charge is 0.129 e. The minimum atomic E-state index is -0.0340. The third-order valence-corrected chi connectivity index (χ3v) is 2.88. The number of morpholine rings is 1. The zero-order chi connectivity index (χ0) is 11.9. The average molecular weight is 240 g/mol. The number of aliphatic hydroxyl groups is 1. The lowest BCUT2D eigenvalue weighted by atomic mass is 10.4. The number of rotatable bonds is 6. The molecule has 96 valence electrons. The van der Waals surface area contributed by atoms with Gasteiger partial charge in [0.15, 0.2) is 0 Å². The van der Waals surface area contributed by atoms with Crippen molar-refractivity contribution in [3.8, 4) is 0 Å². The van der Waals surface area contributed by atoms with Crippen molar-refractivity contribution in [2.24, 2.45) is 0 Å². The summed E-state index contributed by atoms with van der Waals surface area (Å²) >= 11 is 0. The summed E-state index contributed by atoms with van der Waals surface area (Å²) in [7, 11) is 0. The summed E-state index contributed by atoms with van der Waals surface area (Å²) in [5, 5.41) is 12.2. The molecule has 5 nitrogen and oxygen atoms in total. The molecule has 1 aromatic rings. The molecule has 17 heavy (non-hydrogen) atoms. The summed E-state index contributed by atoms with van der Waals surface area (Å²) in [6, 6.07) is 3.70. The Labute approximate surface area is 101 Å². The molecule has 5 heteroatoms. The van der Waals surface area contributed by atoms with E-state index in [1.165, 1.54) is 0 Å². The lowest BCUT2D eigenvalue weighted by Crippen LogP contribution is -2.40. The molecule has 0 radical (unpaired) electrons. The van der Waals surface area contributed by atoms with Gasteiger partial charge in [-0.2, -0.15) is 0 Å². The molecular weight excluding hydrogens is 220 g/mol. The number of hydrogen-bond acceptors (Lipinski definition) is 5. The maximum atomic E-state index is 8.86. The second-order valence-electron chi connectivity index (χ2n) is 4.16. The van der Waals surface area contributed by atoms with Crippen molar-refractivity contribution >= 4 is 0 Å². The van der Waals surface area contributed by atoms with Crippen LogP contribution in [0.2, 0.25) is 0 Å². The summed E-state index contributed by atoms with van der Waals surface area (Å²) in [4.78, 5) is 2.39. The van der Waals surface area contributed by atoms with Crippen molar-refractivity contribution in [2.45, 2.75) is 13.2 Å². The van der Waals surface area contributed by atoms with Crippen molar-refractivity contribution in [2.75, 3.05) is 39.4 Å². The first-order chi connectivity index (χ1) is 8.38. The Hall–Kier alpha value is -0.880. The lowest BCUT2D eigenvalue weighted by molar-refractivity contribution is 0.0383. The molecule has 1 aromatic heterocycles. The van der Waals surface area contributed by atoms with Gasteiger partial charge in [-0.1, -0.05) is 0 Å². The molecule has 0 aromatic carbocycles. The Kier molecular flexibility index (Phi) is 5.00. The van der Waals surface area contributed by atoms with E-state index in [0.29, 0.717) is 12.3 Å². The van der Waals surface area contributed by atoms with Gasteiger partial charge < -0.3 is 19.6 Å². The van der Waals surface area contributed by atoms with Gasteiger partial charge >= 0.3 is 0 Å². The van der Waals surface area contributed by atoms with Crippen LogP contribution < -0.4 is 5.32 Å². The molecule has 2 N–H and O–H groups in total. The van der Waals surface area contributed by atoms with E-state index in [2.05, 4.69) is 10.2 Å². The van der Waals surface area contributed by atoms with Crippen molar-refractivity contribution in [1.29, 1.82) is 0 Å². The van der Waals surface area contributed by atoms with E-state index in [-0.39, 0.29) is 6.61 Å². The number of hydrogen-bond donors (Lipinski definition) is 2. The van der Waals surface area contributed by atoms with Crippen LogP contribution in [0.4, 0.5) is 0 Å². The van der Waals surface area contributed by atoms with Crippen molar-refractivity contribution in [1.82, 2.24) is 10.2 Å². The van der Waals surface area contributed by atoms with Gasteiger partial charge in [-0.25, -0.2) is 0 Å². The van der Waals surface area contributed by atoms with Gasteiger partial charge in [0.05, 0.1) is 19.8 Å². The van der Waals surface area contributed by atoms with Gasteiger partial charge in [-0.3, -0.25) is 4.90 Å². The fraction of sp³-hybridized carbons (Fsp3) is 0.667. The Morgan fingerprint density at radius 1 is 1.24 bits per heavy atom. The molecule has 1 fully saturated rings. The summed E-state index contributed by atoms with van der Waals surface area (Å²) in [6.07, 6.45) is 0. The van der Waals surface area contributed by atoms with Crippen LogP contribution in [-0.2, 0) is 17.9 Å². The number of ether oxygens (including phenoxy) is 1. The van der Waals surface area contributed by atoms with Crippen LogP contribution in [0, 0.1) is 0 Å². The van der Waals surface area contributed by atoms with Gasteiger partial charge in [0.1, 0.15) is 18.1 Å². The van der Waals surface area contributed by atoms with E-state index in [9.17, 15) is 0 Å². The monoisotopic (exact) mass is 240 g/mol. The minimum absolute atomic E-state index is 0.0340. The first-order valence-corrected chi connectivity index (χ1v) is 6.08. The molecule has 1 saturated heterocycles. The molecule has 0 unspecified atom stereocenters. The zero-order valence-corrected chi connectivity index (χ0v) is 10.0. The van der Waals surface area contributed by atoms with Gasteiger partial charge in [0, 0.05) is 26.2 Å². The molecule has 2 heterocycles. The molecule has 0 aliphatic carbocycles. The van der Waals surface area contributed by atoms with E-state index in [1.807, 2.05) is 6.07 Å². The summed E-state index contributed by atoms with van der Waals surface area (Å²) in [5.41, 5.74) is 0. The third-order valence-electron chi connectivity index (χ3n) is 2.88. The van der Waals surface area contributed by atoms with Crippen molar-refractivity contribution in [3.63, 3.8) is 0 Å². The maximum Gasteiger partial charge on any atom is 0.129 e. The van der Waals surface area contributed by atoms with Crippen LogP contribution in [0.15, 0.2) is 16.5 Å². The van der Waals surface area contributed by atoms with Gasteiger partial charge in [-0.05, 0) is 12.1 Å². The van der Waals surface area contributed by atoms with E-state index < -0.39 is 0 Å². The van der Waals surface area contributed by atoms with E-state index >= 15 is 0 Å². The van der Waals surface area contributed by atoms with Crippen LogP contribution in [0.1, 0.15) is 11.5 Å². The van der Waals surface area contributed by atoms with Crippen molar-refractivity contribution < 1.29 is 14.3 Å². The number of nitrogens with zero attached hydrogens (tertiary/aromatic N) is 1. The molecular formula is C12H20N2O3. The number of furan rings is 1. The van der Waals surface area contributed by atoms with Crippen LogP contribution in [0.5, 0.6) is 0 Å². The highest BCUT2D eigenvalue weighted by atomic mass is 16.5. The highest BCUT2D eigenvalue weighted by Gasteiger charge is 2.09. The molecule has 0 spiro atoms. The summed E-state index contributed by atoms with van der Waals surface area (Å²) in [5.74, 6) is 1.49. The molecule has 2 rings (SSSR count). The zero-order valence-electron chi connectivity index (χ0n) is 10.0. The largest absolute Gasteiger partial charge is 0.462 e. The Bertz CT molecular complexity index is 321. The van der Waals surface area contributed by atoms with Crippen LogP contribution >= 0.6 is 0 Å². The fourth-order valence-electron chi connectivity index (χ4n) is 1.88. The van der Waals surface area contributed by atoms with Gasteiger partial charge in [-0.15, -0.1) is 0 Å². The van der Waals surface area contributed by atoms with E-state index in [1.54, 1.807) is 6.07 Å². The normalized spacial score (nSPS) is 17.5. The van der Waals surface area contributed by atoms with Crippen LogP contribution in [0.3, 0.4) is 0 Å². The van der Waals surface area contributed by atoms with E-state index in [4.69, 9.17) is 14.3 Å². The Morgan fingerprint density at radius 2 is 2.00 bits per heavy atom. The highest BCUT2D eigenvalue weighted by molar-refractivity contribution is 5.05. The molecule has 1 aliphatic rings. The first-order valence-electron chi connectivity index (χ1n) is 6.08. The van der Waals surface area contributed by atoms with Gasteiger partial charge in [0.2, 0.25) is 0 Å². The number of nitrogens with one attached hydrogen (secondary N) is 1. The topological polar surface area (TPSA) is 57.9 Å². The second kappa shape index (κ2) is 6.76. The SMILES string of the molecule is OCc1ccc(CNCCN2CCOCC2)o1. The summed E-state index contributed by atoms with van der Waals surface area (Å²) < 4.78 is 10.7. The standard InChI is InChI=1S/C12H20N2O3/c15-10-12-2-1-11(17-12)9-13-3-4-14-5-7-16-8-6-14/h1-2,13,15H,3-10H2. The third kappa shape index (κ3) is 4.12. The minimum Gasteiger partial charge on any atom is -0.462 e. The second-order valence-corrected chi connectivity index (χ2v) is 4.16. The summed E-state index contributed by atoms with van der Waals surface area (Å²) in [6.45, 7) is 6.40. The van der Waals surface area contributed by atoms with E-state index in [0.717, 1.165) is 45.2 Å². The maximum absolute atomic E-state index is 8.86. The van der Waals surface area contributed by atoms with Crippen LogP contribution in [-0.4, -0.2) is 49.4 Å². The van der Waals surface area contributed by atoms with Crippen molar-refractivity contribution in [3.05, 3.63) is 23.7 Å². The molecule has 0 atom stereocenters. The molecule has 1 aliphatic heterocycles. The first kappa shape index (κ1) is 12.6. The number of aliphatic hydroxyl groups excluding tert-OH is 1. The highest BCUT2D eigenvalue weighted by Crippen LogP contribution is 2.06. The predicted octanol–water partition coefficient (Wildman–Crippen LogP) is 0.194. The van der Waals surface area contributed by atoms with Crippen LogP contribution in [0.25, 0.3) is 0 Å². The average Bonchev–Trinajstić information content (AvgIpc) is 2.84. The lowest BCUT2D eigenvalue weighted by Gasteiger charge is -2.26. The fourth-order valence-corrected chi connectivity index (χ4v) is 1.88. The quantitative estimate of drug-likeness (QED) is 0.695. The molecule has 0 bridgehead atoms. The predicted molar refractivity (Wildman–Crippen MR) is 63.6 cm³/mol. The van der Waals surface area contributed by atoms with Gasteiger partial charge in [0.25, 0.3) is 0 Å². The Balaban J connectivity index is 1.59. The molecule has 0 saturated carbocycles.